The summed E-state index contributed by atoms with van der Waals surface area (Å²) in [6.07, 6.45) is 8.42. The Kier molecular flexibility index (Phi) is 7.06. The zero-order chi connectivity index (χ0) is 11.8. The first-order chi connectivity index (χ1) is 7.68. The van der Waals surface area contributed by atoms with Crippen LogP contribution < -0.4 is 5.32 Å². The first-order valence-corrected chi connectivity index (χ1v) is 7.03. The van der Waals surface area contributed by atoms with Gasteiger partial charge in [0.2, 0.25) is 0 Å². The maximum absolute atomic E-state index is 5.52. The molecule has 1 aliphatic carbocycles. The number of ether oxygens (including phenoxy) is 1. The summed E-state index contributed by atoms with van der Waals surface area (Å²) in [4.78, 5) is 0. The van der Waals surface area contributed by atoms with Crippen LogP contribution in [-0.2, 0) is 4.74 Å². The standard InChI is InChI=1S/C14H29NO/c1-12(2)16-10-5-4-9-15-14-8-6-7-13(3)11-14/h12-15H,4-11H2,1-3H3. The molecule has 0 aromatic heterocycles. The Morgan fingerprint density at radius 2 is 2.06 bits per heavy atom. The zero-order valence-corrected chi connectivity index (χ0v) is 11.3. The molecule has 1 rings (SSSR count). The highest BCUT2D eigenvalue weighted by Crippen LogP contribution is 2.23. The van der Waals surface area contributed by atoms with Gasteiger partial charge in [-0.25, -0.2) is 0 Å². The van der Waals surface area contributed by atoms with Crippen LogP contribution in [0.2, 0.25) is 0 Å². The lowest BCUT2D eigenvalue weighted by atomic mass is 9.87. The summed E-state index contributed by atoms with van der Waals surface area (Å²) in [6.45, 7) is 8.66. The molecule has 1 saturated carbocycles. The molecule has 2 heteroatoms. The van der Waals surface area contributed by atoms with Crippen LogP contribution in [0.15, 0.2) is 0 Å². The third-order valence-electron chi connectivity index (χ3n) is 3.39. The SMILES string of the molecule is CC1CCCC(NCCCCOC(C)C)C1. The molecule has 0 spiro atoms. The van der Waals surface area contributed by atoms with E-state index in [1.807, 2.05) is 0 Å². The fourth-order valence-electron chi connectivity index (χ4n) is 2.47. The Morgan fingerprint density at radius 1 is 1.25 bits per heavy atom. The second-order valence-corrected chi connectivity index (χ2v) is 5.55. The van der Waals surface area contributed by atoms with Gasteiger partial charge in [-0.15, -0.1) is 0 Å². The van der Waals surface area contributed by atoms with Crippen molar-refractivity contribution < 1.29 is 4.74 Å². The normalized spacial score (nSPS) is 26.2. The first kappa shape index (κ1) is 14.0. The minimum Gasteiger partial charge on any atom is -0.379 e. The van der Waals surface area contributed by atoms with Crippen molar-refractivity contribution in [1.82, 2.24) is 5.32 Å². The van der Waals surface area contributed by atoms with E-state index in [1.165, 1.54) is 45.1 Å². The van der Waals surface area contributed by atoms with Crippen molar-refractivity contribution in [3.8, 4) is 0 Å². The first-order valence-electron chi connectivity index (χ1n) is 7.03. The van der Waals surface area contributed by atoms with Gasteiger partial charge in [0.25, 0.3) is 0 Å². The average Bonchev–Trinajstić information content (AvgIpc) is 2.23. The molecule has 16 heavy (non-hydrogen) atoms. The number of rotatable bonds is 7. The molecule has 1 aliphatic rings. The van der Waals surface area contributed by atoms with Crippen molar-refractivity contribution >= 4 is 0 Å². The van der Waals surface area contributed by atoms with Crippen molar-refractivity contribution in [1.29, 1.82) is 0 Å². The molecule has 0 aliphatic heterocycles. The number of hydrogen-bond acceptors (Lipinski definition) is 2. The van der Waals surface area contributed by atoms with Gasteiger partial charge in [-0.1, -0.05) is 19.8 Å². The maximum Gasteiger partial charge on any atom is 0.0518 e. The van der Waals surface area contributed by atoms with E-state index in [1.54, 1.807) is 0 Å². The van der Waals surface area contributed by atoms with Gasteiger partial charge in [-0.3, -0.25) is 0 Å². The summed E-state index contributed by atoms with van der Waals surface area (Å²) in [5.74, 6) is 0.926. The van der Waals surface area contributed by atoms with Crippen LogP contribution in [0, 0.1) is 5.92 Å². The van der Waals surface area contributed by atoms with Crippen molar-refractivity contribution in [3.05, 3.63) is 0 Å². The van der Waals surface area contributed by atoms with E-state index in [-0.39, 0.29) is 0 Å². The number of nitrogens with one attached hydrogen (secondary N) is 1. The minimum atomic E-state index is 0.382. The second-order valence-electron chi connectivity index (χ2n) is 5.55. The highest BCUT2D eigenvalue weighted by atomic mass is 16.5. The van der Waals surface area contributed by atoms with Crippen LogP contribution in [0.4, 0.5) is 0 Å². The van der Waals surface area contributed by atoms with Crippen LogP contribution in [0.3, 0.4) is 0 Å². The summed E-state index contributed by atoms with van der Waals surface area (Å²) in [5.41, 5.74) is 0. The monoisotopic (exact) mass is 227 g/mol. The molecule has 1 fully saturated rings. The summed E-state index contributed by atoms with van der Waals surface area (Å²) in [5, 5.41) is 3.68. The van der Waals surface area contributed by atoms with Crippen molar-refractivity contribution in [2.24, 2.45) is 5.92 Å². The van der Waals surface area contributed by atoms with Crippen molar-refractivity contribution in [2.75, 3.05) is 13.2 Å². The predicted octanol–water partition coefficient (Wildman–Crippen LogP) is 3.36. The fourth-order valence-corrected chi connectivity index (χ4v) is 2.47. The predicted molar refractivity (Wildman–Crippen MR) is 69.7 cm³/mol. The van der Waals surface area contributed by atoms with E-state index in [0.29, 0.717) is 6.10 Å². The molecule has 0 saturated heterocycles. The molecule has 0 amide bonds. The highest BCUT2D eigenvalue weighted by Gasteiger charge is 2.17. The largest absolute Gasteiger partial charge is 0.379 e. The van der Waals surface area contributed by atoms with E-state index in [4.69, 9.17) is 4.74 Å². The summed E-state index contributed by atoms with van der Waals surface area (Å²) in [6, 6.07) is 0.787. The molecular weight excluding hydrogens is 198 g/mol. The molecule has 2 nitrogen and oxygen atoms in total. The average molecular weight is 227 g/mol. The Morgan fingerprint density at radius 3 is 2.75 bits per heavy atom. The molecule has 0 aromatic carbocycles. The Labute approximate surface area is 101 Å². The molecule has 2 unspecified atom stereocenters. The topological polar surface area (TPSA) is 21.3 Å². The van der Waals surface area contributed by atoms with Crippen LogP contribution in [0.25, 0.3) is 0 Å². The molecular formula is C14H29NO. The van der Waals surface area contributed by atoms with Crippen LogP contribution >= 0.6 is 0 Å². The van der Waals surface area contributed by atoms with Crippen LogP contribution in [0.1, 0.15) is 59.3 Å². The Hall–Kier alpha value is -0.0800. The summed E-state index contributed by atoms with van der Waals surface area (Å²) >= 11 is 0. The van der Waals surface area contributed by atoms with Crippen LogP contribution in [-0.4, -0.2) is 25.3 Å². The lowest BCUT2D eigenvalue weighted by Gasteiger charge is -2.27. The van der Waals surface area contributed by atoms with Crippen molar-refractivity contribution in [2.45, 2.75) is 71.4 Å². The second kappa shape index (κ2) is 8.08. The maximum atomic E-state index is 5.52. The molecule has 0 heterocycles. The molecule has 0 aromatic rings. The highest BCUT2D eigenvalue weighted by molar-refractivity contribution is 4.75. The number of unbranched alkanes of at least 4 members (excludes halogenated alkanes) is 1. The van der Waals surface area contributed by atoms with Crippen molar-refractivity contribution in [3.63, 3.8) is 0 Å². The van der Waals surface area contributed by atoms with Gasteiger partial charge in [0.1, 0.15) is 0 Å². The third-order valence-corrected chi connectivity index (χ3v) is 3.39. The summed E-state index contributed by atoms with van der Waals surface area (Å²) in [7, 11) is 0. The quantitative estimate of drug-likeness (QED) is 0.673. The molecule has 96 valence electrons. The van der Waals surface area contributed by atoms with Gasteiger partial charge < -0.3 is 10.1 Å². The zero-order valence-electron chi connectivity index (χ0n) is 11.3. The third kappa shape index (κ3) is 6.49. The van der Waals surface area contributed by atoms with Gasteiger partial charge in [-0.2, -0.15) is 0 Å². The van der Waals surface area contributed by atoms with E-state index in [0.717, 1.165) is 18.6 Å². The lowest BCUT2D eigenvalue weighted by Crippen LogP contribution is -2.34. The minimum absolute atomic E-state index is 0.382. The lowest BCUT2D eigenvalue weighted by molar-refractivity contribution is 0.0758. The molecule has 0 bridgehead atoms. The van der Waals surface area contributed by atoms with E-state index in [9.17, 15) is 0 Å². The molecule has 0 radical (unpaired) electrons. The van der Waals surface area contributed by atoms with E-state index < -0.39 is 0 Å². The molecule has 2 atom stereocenters. The van der Waals surface area contributed by atoms with E-state index >= 15 is 0 Å². The van der Waals surface area contributed by atoms with Crippen LogP contribution in [0.5, 0.6) is 0 Å². The van der Waals surface area contributed by atoms with Gasteiger partial charge in [0, 0.05) is 12.6 Å². The van der Waals surface area contributed by atoms with Gasteiger partial charge in [0.05, 0.1) is 6.10 Å². The molecule has 1 N–H and O–H groups in total. The Balaban J connectivity index is 1.90. The van der Waals surface area contributed by atoms with Gasteiger partial charge >= 0.3 is 0 Å². The van der Waals surface area contributed by atoms with Gasteiger partial charge in [-0.05, 0) is 52.0 Å². The fraction of sp³-hybridized carbons (Fsp3) is 1.00. The van der Waals surface area contributed by atoms with Gasteiger partial charge in [0.15, 0.2) is 0 Å². The van der Waals surface area contributed by atoms with E-state index in [2.05, 4.69) is 26.1 Å². The summed E-state index contributed by atoms with van der Waals surface area (Å²) < 4.78 is 5.52. The number of hydrogen-bond donors (Lipinski definition) is 1. The smallest absolute Gasteiger partial charge is 0.0518 e. The Bertz CT molecular complexity index is 170.